The van der Waals surface area contributed by atoms with Gasteiger partial charge in [0, 0.05) is 26.7 Å². The lowest BCUT2D eigenvalue weighted by Gasteiger charge is -2.22. The van der Waals surface area contributed by atoms with Gasteiger partial charge in [-0.15, -0.1) is 24.0 Å². The topological polar surface area (TPSA) is 46.1 Å². The highest BCUT2D eigenvalue weighted by Crippen LogP contribution is 2.35. The standard InChI is InChI=1S/C20H31N3O2.HI/c1-21-20(23-13-17-7-3-4-8-18(17)14-23)22-10-11-25-15-16-6-5-9-19(12-16)24-2;/h5-6,9,12,17-18H,3-4,7-8,10-11,13-15H2,1-2H3,(H,21,22);1H. The van der Waals surface area contributed by atoms with E-state index >= 15 is 0 Å². The van der Waals surface area contributed by atoms with Gasteiger partial charge in [-0.25, -0.2) is 0 Å². The number of methoxy groups -OCH3 is 1. The van der Waals surface area contributed by atoms with E-state index in [0.717, 1.165) is 48.7 Å². The number of rotatable bonds is 6. The number of fused-ring (bicyclic) bond motifs is 1. The number of nitrogens with zero attached hydrogens (tertiary/aromatic N) is 2. The highest BCUT2D eigenvalue weighted by Gasteiger charge is 2.35. The van der Waals surface area contributed by atoms with E-state index in [0.29, 0.717) is 13.2 Å². The molecule has 1 N–H and O–H groups in total. The second kappa shape index (κ2) is 11.0. The number of aliphatic imine (C=N–C) groups is 1. The molecule has 1 saturated carbocycles. The second-order valence-electron chi connectivity index (χ2n) is 7.09. The summed E-state index contributed by atoms with van der Waals surface area (Å²) in [7, 11) is 3.56. The predicted octanol–water partition coefficient (Wildman–Crippen LogP) is 3.53. The highest BCUT2D eigenvalue weighted by molar-refractivity contribution is 14.0. The van der Waals surface area contributed by atoms with Crippen LogP contribution in [-0.2, 0) is 11.3 Å². The van der Waals surface area contributed by atoms with Crippen molar-refractivity contribution in [2.75, 3.05) is 40.4 Å². The molecular weight excluding hydrogens is 441 g/mol. The van der Waals surface area contributed by atoms with Crippen molar-refractivity contribution in [1.29, 1.82) is 0 Å². The molecule has 0 amide bonds. The van der Waals surface area contributed by atoms with Crippen molar-refractivity contribution in [2.45, 2.75) is 32.3 Å². The van der Waals surface area contributed by atoms with Crippen LogP contribution in [0.1, 0.15) is 31.2 Å². The summed E-state index contributed by atoms with van der Waals surface area (Å²) in [5, 5.41) is 3.46. The molecule has 0 bridgehead atoms. The Morgan fingerprint density at radius 2 is 1.96 bits per heavy atom. The fourth-order valence-electron chi connectivity index (χ4n) is 4.10. The van der Waals surface area contributed by atoms with Gasteiger partial charge in [-0.3, -0.25) is 4.99 Å². The van der Waals surface area contributed by atoms with Crippen LogP contribution < -0.4 is 10.1 Å². The lowest BCUT2D eigenvalue weighted by Crippen LogP contribution is -2.41. The summed E-state index contributed by atoms with van der Waals surface area (Å²) < 4.78 is 11.0. The van der Waals surface area contributed by atoms with Crippen molar-refractivity contribution in [3.8, 4) is 5.75 Å². The summed E-state index contributed by atoms with van der Waals surface area (Å²) in [6.45, 7) is 4.37. The highest BCUT2D eigenvalue weighted by atomic mass is 127. The maximum atomic E-state index is 5.78. The van der Waals surface area contributed by atoms with E-state index in [9.17, 15) is 0 Å². The fourth-order valence-corrected chi connectivity index (χ4v) is 4.10. The van der Waals surface area contributed by atoms with Gasteiger partial charge in [0.15, 0.2) is 5.96 Å². The minimum atomic E-state index is 0. The first-order valence-corrected chi connectivity index (χ1v) is 9.46. The molecule has 1 heterocycles. The molecule has 1 aromatic carbocycles. The van der Waals surface area contributed by atoms with Gasteiger partial charge >= 0.3 is 0 Å². The molecule has 3 rings (SSSR count). The van der Waals surface area contributed by atoms with Crippen LogP contribution >= 0.6 is 24.0 Å². The quantitative estimate of drug-likeness (QED) is 0.297. The van der Waals surface area contributed by atoms with Gasteiger partial charge < -0.3 is 19.7 Å². The minimum Gasteiger partial charge on any atom is -0.497 e. The van der Waals surface area contributed by atoms with E-state index in [1.807, 2.05) is 25.2 Å². The molecule has 5 nitrogen and oxygen atoms in total. The van der Waals surface area contributed by atoms with Gasteiger partial charge in [0.2, 0.25) is 0 Å². The molecule has 1 aliphatic carbocycles. The maximum Gasteiger partial charge on any atom is 0.193 e. The van der Waals surface area contributed by atoms with Crippen molar-refractivity contribution in [3.63, 3.8) is 0 Å². The van der Waals surface area contributed by atoms with E-state index in [2.05, 4.69) is 21.3 Å². The maximum absolute atomic E-state index is 5.78. The Morgan fingerprint density at radius 3 is 2.62 bits per heavy atom. The Bertz CT molecular complexity index is 568. The summed E-state index contributed by atoms with van der Waals surface area (Å²) in [5.41, 5.74) is 1.13. The molecule has 0 aromatic heterocycles. The molecule has 1 saturated heterocycles. The first kappa shape index (κ1) is 21.3. The first-order valence-electron chi connectivity index (χ1n) is 9.46. The summed E-state index contributed by atoms with van der Waals surface area (Å²) in [5.74, 6) is 3.64. The van der Waals surface area contributed by atoms with Crippen LogP contribution in [0.5, 0.6) is 5.75 Å². The molecule has 26 heavy (non-hydrogen) atoms. The van der Waals surface area contributed by atoms with Crippen molar-refractivity contribution in [2.24, 2.45) is 16.8 Å². The van der Waals surface area contributed by atoms with Crippen LogP contribution in [0.2, 0.25) is 0 Å². The zero-order chi connectivity index (χ0) is 17.5. The van der Waals surface area contributed by atoms with Gasteiger partial charge in [-0.05, 0) is 42.4 Å². The van der Waals surface area contributed by atoms with Crippen molar-refractivity contribution in [1.82, 2.24) is 10.2 Å². The number of benzene rings is 1. The van der Waals surface area contributed by atoms with Gasteiger partial charge in [0.1, 0.15) is 5.75 Å². The molecule has 1 aromatic rings. The molecule has 2 unspecified atom stereocenters. The average Bonchev–Trinajstić information content (AvgIpc) is 3.08. The zero-order valence-electron chi connectivity index (χ0n) is 15.9. The normalized spacial score (nSPS) is 22.5. The Hall–Kier alpha value is -1.02. The number of hydrogen-bond donors (Lipinski definition) is 1. The number of halogens is 1. The van der Waals surface area contributed by atoms with Gasteiger partial charge in [0.05, 0.1) is 20.3 Å². The third-order valence-electron chi connectivity index (χ3n) is 5.42. The van der Waals surface area contributed by atoms with E-state index in [1.54, 1.807) is 7.11 Å². The molecule has 0 radical (unpaired) electrons. The molecule has 2 aliphatic rings. The number of ether oxygens (including phenoxy) is 2. The average molecular weight is 473 g/mol. The van der Waals surface area contributed by atoms with Crippen molar-refractivity contribution < 1.29 is 9.47 Å². The number of likely N-dealkylation sites (tertiary alicyclic amines) is 1. The summed E-state index contributed by atoms with van der Waals surface area (Å²) in [6.07, 6.45) is 5.59. The summed E-state index contributed by atoms with van der Waals surface area (Å²) in [6, 6.07) is 8.01. The molecule has 1 aliphatic heterocycles. The lowest BCUT2D eigenvalue weighted by molar-refractivity contribution is 0.125. The molecule has 0 spiro atoms. The molecule has 6 heteroatoms. The number of guanidine groups is 1. The Morgan fingerprint density at radius 1 is 1.23 bits per heavy atom. The van der Waals surface area contributed by atoms with Crippen LogP contribution in [0.25, 0.3) is 0 Å². The Labute approximate surface area is 174 Å². The molecule has 2 fully saturated rings. The van der Waals surface area contributed by atoms with Gasteiger partial charge in [0.25, 0.3) is 0 Å². The summed E-state index contributed by atoms with van der Waals surface area (Å²) in [4.78, 5) is 6.90. The third kappa shape index (κ3) is 5.74. The van der Waals surface area contributed by atoms with Crippen LogP contribution in [0.15, 0.2) is 29.3 Å². The zero-order valence-corrected chi connectivity index (χ0v) is 18.3. The molecule has 2 atom stereocenters. The SMILES string of the molecule is CN=C(NCCOCc1cccc(OC)c1)N1CC2CCCCC2C1.I. The smallest absolute Gasteiger partial charge is 0.193 e. The Balaban J connectivity index is 0.00000243. The van der Waals surface area contributed by atoms with Crippen molar-refractivity contribution >= 4 is 29.9 Å². The van der Waals surface area contributed by atoms with Gasteiger partial charge in [-0.2, -0.15) is 0 Å². The number of nitrogens with one attached hydrogen (secondary N) is 1. The lowest BCUT2D eigenvalue weighted by atomic mass is 9.82. The van der Waals surface area contributed by atoms with Crippen LogP contribution in [-0.4, -0.2) is 51.3 Å². The van der Waals surface area contributed by atoms with Crippen LogP contribution in [0.3, 0.4) is 0 Å². The van der Waals surface area contributed by atoms with E-state index in [4.69, 9.17) is 9.47 Å². The van der Waals surface area contributed by atoms with E-state index < -0.39 is 0 Å². The third-order valence-corrected chi connectivity index (χ3v) is 5.42. The second-order valence-corrected chi connectivity index (χ2v) is 7.09. The largest absolute Gasteiger partial charge is 0.497 e. The van der Waals surface area contributed by atoms with Crippen LogP contribution in [0.4, 0.5) is 0 Å². The predicted molar refractivity (Wildman–Crippen MR) is 116 cm³/mol. The Kier molecular flexibility index (Phi) is 8.98. The minimum absolute atomic E-state index is 0. The van der Waals surface area contributed by atoms with Crippen LogP contribution in [0, 0.1) is 11.8 Å². The van der Waals surface area contributed by atoms with Crippen molar-refractivity contribution in [3.05, 3.63) is 29.8 Å². The first-order chi connectivity index (χ1) is 12.3. The monoisotopic (exact) mass is 473 g/mol. The summed E-state index contributed by atoms with van der Waals surface area (Å²) >= 11 is 0. The molecule has 146 valence electrons. The fraction of sp³-hybridized carbons (Fsp3) is 0.650. The molecular formula is C20H32IN3O2. The van der Waals surface area contributed by atoms with E-state index in [-0.39, 0.29) is 24.0 Å². The van der Waals surface area contributed by atoms with Gasteiger partial charge in [-0.1, -0.05) is 25.0 Å². The van der Waals surface area contributed by atoms with E-state index in [1.165, 1.54) is 25.7 Å². The number of hydrogen-bond acceptors (Lipinski definition) is 3.